The third-order valence-corrected chi connectivity index (χ3v) is 2.25. The lowest BCUT2D eigenvalue weighted by atomic mass is 10.3. The topological polar surface area (TPSA) is 35.5 Å². The van der Waals surface area contributed by atoms with Crippen molar-refractivity contribution < 1.29 is 14.3 Å². The molecule has 0 aliphatic rings. The Hall–Kier alpha value is -1.03. The van der Waals surface area contributed by atoms with E-state index in [1.54, 1.807) is 18.2 Å². The molecule has 3 nitrogen and oxygen atoms in total. The Labute approximate surface area is 97.5 Å². The summed E-state index contributed by atoms with van der Waals surface area (Å²) in [5.41, 5.74) is 0. The Morgan fingerprint density at radius 3 is 2.73 bits per heavy atom. The molecule has 0 heterocycles. The molecule has 4 heteroatoms. The van der Waals surface area contributed by atoms with Crippen LogP contribution in [-0.2, 0) is 4.79 Å². The van der Waals surface area contributed by atoms with E-state index in [4.69, 9.17) is 9.47 Å². The van der Waals surface area contributed by atoms with E-state index in [-0.39, 0.29) is 5.97 Å². The molecule has 0 aliphatic carbocycles. The van der Waals surface area contributed by atoms with E-state index < -0.39 is 0 Å². The van der Waals surface area contributed by atoms with Gasteiger partial charge in [-0.1, -0.05) is 6.92 Å². The highest BCUT2D eigenvalue weighted by Gasteiger charge is 2.04. The minimum atomic E-state index is -0.330. The highest BCUT2D eigenvalue weighted by Crippen LogP contribution is 2.29. The highest BCUT2D eigenvalue weighted by atomic mass is 79.9. The van der Waals surface area contributed by atoms with Crippen LogP contribution in [0.3, 0.4) is 0 Å². The number of hydrogen-bond acceptors (Lipinski definition) is 3. The second kappa shape index (κ2) is 5.75. The summed E-state index contributed by atoms with van der Waals surface area (Å²) in [7, 11) is 0. The quantitative estimate of drug-likeness (QED) is 0.624. The summed E-state index contributed by atoms with van der Waals surface area (Å²) in [6.45, 7) is 4.09. The van der Waals surface area contributed by atoms with Crippen LogP contribution in [0.5, 0.6) is 11.5 Å². The summed E-state index contributed by atoms with van der Waals surface area (Å²) >= 11 is 3.35. The van der Waals surface area contributed by atoms with Gasteiger partial charge in [0.1, 0.15) is 11.5 Å². The Morgan fingerprint density at radius 2 is 2.20 bits per heavy atom. The van der Waals surface area contributed by atoms with Crippen LogP contribution in [0.25, 0.3) is 0 Å². The Bertz CT molecular complexity index is 350. The lowest BCUT2D eigenvalue weighted by Crippen LogP contribution is -2.01. The van der Waals surface area contributed by atoms with E-state index in [9.17, 15) is 4.79 Å². The van der Waals surface area contributed by atoms with Crippen molar-refractivity contribution in [3.8, 4) is 11.5 Å². The zero-order valence-electron chi connectivity index (χ0n) is 8.75. The van der Waals surface area contributed by atoms with E-state index in [1.807, 2.05) is 6.92 Å². The maximum absolute atomic E-state index is 10.7. The fraction of sp³-hybridized carbons (Fsp3) is 0.364. The van der Waals surface area contributed by atoms with E-state index in [0.717, 1.165) is 16.6 Å². The lowest BCUT2D eigenvalue weighted by Gasteiger charge is -2.08. The van der Waals surface area contributed by atoms with Gasteiger partial charge in [0.25, 0.3) is 0 Å². The molecule has 0 saturated carbocycles. The van der Waals surface area contributed by atoms with Crippen LogP contribution in [0, 0.1) is 0 Å². The van der Waals surface area contributed by atoms with E-state index in [0.29, 0.717) is 12.4 Å². The number of benzene rings is 1. The second-order valence-corrected chi connectivity index (χ2v) is 3.89. The molecule has 15 heavy (non-hydrogen) atoms. The van der Waals surface area contributed by atoms with Crippen LogP contribution in [-0.4, -0.2) is 12.6 Å². The van der Waals surface area contributed by atoms with Crippen LogP contribution in [0.15, 0.2) is 22.7 Å². The summed E-state index contributed by atoms with van der Waals surface area (Å²) in [5.74, 6) is 0.940. The van der Waals surface area contributed by atoms with Gasteiger partial charge in [0, 0.05) is 6.92 Å². The van der Waals surface area contributed by atoms with Crippen molar-refractivity contribution in [2.24, 2.45) is 0 Å². The Balaban J connectivity index is 2.74. The van der Waals surface area contributed by atoms with Crippen molar-refractivity contribution in [2.75, 3.05) is 6.61 Å². The molecule has 1 rings (SSSR count). The molecule has 0 radical (unpaired) electrons. The largest absolute Gasteiger partial charge is 0.492 e. The molecule has 0 spiro atoms. The number of hydrogen-bond donors (Lipinski definition) is 0. The fourth-order valence-electron chi connectivity index (χ4n) is 1.04. The lowest BCUT2D eigenvalue weighted by molar-refractivity contribution is -0.131. The molecule has 0 amide bonds. The molecule has 0 atom stereocenters. The Kier molecular flexibility index (Phi) is 4.62. The van der Waals surface area contributed by atoms with Gasteiger partial charge in [0.05, 0.1) is 11.1 Å². The van der Waals surface area contributed by atoms with Gasteiger partial charge in [-0.05, 0) is 40.5 Å². The second-order valence-electron chi connectivity index (χ2n) is 3.03. The van der Waals surface area contributed by atoms with Crippen molar-refractivity contribution in [3.63, 3.8) is 0 Å². The van der Waals surface area contributed by atoms with Crippen LogP contribution >= 0.6 is 15.9 Å². The van der Waals surface area contributed by atoms with Crippen molar-refractivity contribution in [2.45, 2.75) is 20.3 Å². The number of ether oxygens (including phenoxy) is 2. The third kappa shape index (κ3) is 3.91. The molecule has 0 aliphatic heterocycles. The predicted octanol–water partition coefficient (Wildman–Crippen LogP) is 3.16. The molecule has 1 aromatic carbocycles. The molecule has 0 aromatic heterocycles. The fourth-order valence-corrected chi connectivity index (χ4v) is 1.51. The van der Waals surface area contributed by atoms with Gasteiger partial charge in [-0.25, -0.2) is 0 Å². The van der Waals surface area contributed by atoms with Gasteiger partial charge < -0.3 is 9.47 Å². The van der Waals surface area contributed by atoms with E-state index in [2.05, 4.69) is 15.9 Å². The molecule has 0 fully saturated rings. The van der Waals surface area contributed by atoms with E-state index >= 15 is 0 Å². The summed E-state index contributed by atoms with van der Waals surface area (Å²) in [5, 5.41) is 0. The number of halogens is 1. The number of carbonyl (C=O) groups excluding carboxylic acids is 1. The standard InChI is InChI=1S/C11H13BrO3/c1-3-6-14-11-5-4-9(7-10(11)12)15-8(2)13/h4-5,7H,3,6H2,1-2H3. The molecule has 0 saturated heterocycles. The van der Waals surface area contributed by atoms with Crippen LogP contribution in [0.1, 0.15) is 20.3 Å². The van der Waals surface area contributed by atoms with Gasteiger partial charge in [0.15, 0.2) is 0 Å². The molecular weight excluding hydrogens is 260 g/mol. The monoisotopic (exact) mass is 272 g/mol. The zero-order valence-corrected chi connectivity index (χ0v) is 10.3. The molecular formula is C11H13BrO3. The highest BCUT2D eigenvalue weighted by molar-refractivity contribution is 9.10. The van der Waals surface area contributed by atoms with Gasteiger partial charge >= 0.3 is 5.97 Å². The average Bonchev–Trinajstić information content (AvgIpc) is 2.15. The number of carbonyl (C=O) groups is 1. The van der Waals surface area contributed by atoms with Crippen LogP contribution in [0.4, 0.5) is 0 Å². The number of rotatable bonds is 4. The van der Waals surface area contributed by atoms with Crippen molar-refractivity contribution in [1.29, 1.82) is 0 Å². The average molecular weight is 273 g/mol. The smallest absolute Gasteiger partial charge is 0.308 e. The first-order valence-corrected chi connectivity index (χ1v) is 5.53. The summed E-state index contributed by atoms with van der Waals surface area (Å²) < 4.78 is 11.2. The summed E-state index contributed by atoms with van der Waals surface area (Å²) in [6.07, 6.45) is 0.956. The van der Waals surface area contributed by atoms with Crippen molar-refractivity contribution in [1.82, 2.24) is 0 Å². The zero-order chi connectivity index (χ0) is 11.3. The number of esters is 1. The molecule has 0 unspecified atom stereocenters. The van der Waals surface area contributed by atoms with Crippen LogP contribution < -0.4 is 9.47 Å². The van der Waals surface area contributed by atoms with Gasteiger partial charge in [-0.15, -0.1) is 0 Å². The van der Waals surface area contributed by atoms with Crippen LogP contribution in [0.2, 0.25) is 0 Å². The minimum absolute atomic E-state index is 0.330. The predicted molar refractivity (Wildman–Crippen MR) is 61.2 cm³/mol. The first-order valence-electron chi connectivity index (χ1n) is 4.74. The van der Waals surface area contributed by atoms with Gasteiger partial charge in [-0.2, -0.15) is 0 Å². The normalized spacial score (nSPS) is 9.80. The first-order chi connectivity index (χ1) is 7.13. The molecule has 1 aromatic rings. The third-order valence-electron chi connectivity index (χ3n) is 1.63. The van der Waals surface area contributed by atoms with Crippen molar-refractivity contribution in [3.05, 3.63) is 22.7 Å². The van der Waals surface area contributed by atoms with Gasteiger partial charge in [-0.3, -0.25) is 4.79 Å². The Morgan fingerprint density at radius 1 is 1.47 bits per heavy atom. The van der Waals surface area contributed by atoms with E-state index in [1.165, 1.54) is 6.92 Å². The maximum atomic E-state index is 10.7. The molecule has 82 valence electrons. The maximum Gasteiger partial charge on any atom is 0.308 e. The first kappa shape index (κ1) is 12.0. The SMILES string of the molecule is CCCOc1ccc(OC(C)=O)cc1Br. The molecule has 0 bridgehead atoms. The van der Waals surface area contributed by atoms with Crippen molar-refractivity contribution >= 4 is 21.9 Å². The minimum Gasteiger partial charge on any atom is -0.492 e. The van der Waals surface area contributed by atoms with Gasteiger partial charge in [0.2, 0.25) is 0 Å². The molecule has 0 N–H and O–H groups in total. The summed E-state index contributed by atoms with van der Waals surface area (Å²) in [6, 6.07) is 5.20. The summed E-state index contributed by atoms with van der Waals surface area (Å²) in [4.78, 5) is 10.7.